The van der Waals surface area contributed by atoms with Gasteiger partial charge >= 0.3 is 12.3 Å². The van der Waals surface area contributed by atoms with E-state index in [4.69, 9.17) is 9.72 Å². The van der Waals surface area contributed by atoms with E-state index in [1.807, 2.05) is 9.47 Å². The molecule has 4 amide bonds. The lowest BCUT2D eigenvalue weighted by atomic mass is 10.0. The number of ether oxygens (including phenoxy) is 1. The molecule has 0 radical (unpaired) electrons. The smallest absolute Gasteiger partial charge is 0.417 e. The molecule has 322 valence electrons. The molecule has 0 atom stereocenters. The Balaban J connectivity index is 1.21. The summed E-state index contributed by atoms with van der Waals surface area (Å²) in [6.45, 7) is 12.9. The van der Waals surface area contributed by atoms with Crippen LogP contribution < -0.4 is 10.2 Å². The van der Waals surface area contributed by atoms with Gasteiger partial charge in [-0.15, -0.1) is 0 Å². The molecule has 2 aliphatic rings. The number of nitrogens with one attached hydrogen (secondary N) is 1. The highest BCUT2D eigenvalue weighted by Crippen LogP contribution is 2.35. The first-order chi connectivity index (χ1) is 28.8. The summed E-state index contributed by atoms with van der Waals surface area (Å²) >= 11 is 0. The Morgan fingerprint density at radius 1 is 0.967 bits per heavy atom. The Bertz CT molecular complexity index is 2390. The third kappa shape index (κ3) is 10.8. The minimum Gasteiger partial charge on any atom is -0.443 e. The zero-order valence-electron chi connectivity index (χ0n) is 35.6. The number of aromatic nitrogens is 3. The molecule has 1 saturated heterocycles. The fourth-order valence-electron chi connectivity index (χ4n) is 7.35. The molecule has 0 saturated carbocycles. The Labute approximate surface area is 353 Å². The second-order valence-corrected chi connectivity index (χ2v) is 16.3. The zero-order chi connectivity index (χ0) is 44.2. The molecule has 0 unspecified atom stereocenters. The molecule has 2 aromatic carbocycles. The maximum atomic E-state index is 14.2. The Morgan fingerprint density at radius 3 is 2.36 bits per heavy atom. The molecular weight excluding hydrogens is 790 g/mol. The monoisotopic (exact) mass is 840 g/mol. The summed E-state index contributed by atoms with van der Waals surface area (Å²) in [6, 6.07) is 12.5. The van der Waals surface area contributed by atoms with Crippen LogP contribution in [-0.2, 0) is 46.9 Å². The Kier molecular flexibility index (Phi) is 13.3. The van der Waals surface area contributed by atoms with Gasteiger partial charge in [0, 0.05) is 89.9 Å². The second kappa shape index (κ2) is 18.3. The minimum atomic E-state index is -4.60. The van der Waals surface area contributed by atoms with Gasteiger partial charge in [0.2, 0.25) is 17.8 Å². The number of nitrogens with zero attached hydrogens (tertiary/aromatic N) is 7. The standard InChI is InChI=1S/C45H51F3N8O5/c1-8-17-54-19-21-55(22-20-54)28-33-14-15-34(25-36(33)45(46,47)48)50-39(58)24-31-11-9-10-30(23-31)12-13-32-27-49-42(52(6)29(2)57)51-40(32)38-26-35-37(53(38)7)16-18-56(41(35)59)43(60)61-44(3,4)5/h9-11,14-15,23,25-27H,8,16-22,24,28H2,1-7H3,(H,50,58). The van der Waals surface area contributed by atoms with Crippen LogP contribution in [0.3, 0.4) is 0 Å². The summed E-state index contributed by atoms with van der Waals surface area (Å²) in [4.78, 5) is 67.7. The van der Waals surface area contributed by atoms with E-state index >= 15 is 0 Å². The molecule has 13 nitrogen and oxygen atoms in total. The lowest BCUT2D eigenvalue weighted by Gasteiger charge is -2.35. The van der Waals surface area contributed by atoms with Crippen molar-refractivity contribution >= 4 is 35.5 Å². The van der Waals surface area contributed by atoms with Gasteiger partial charge in [0.1, 0.15) is 11.3 Å². The molecule has 4 heterocycles. The van der Waals surface area contributed by atoms with Crippen molar-refractivity contribution in [2.45, 2.75) is 72.2 Å². The van der Waals surface area contributed by atoms with Crippen molar-refractivity contribution in [3.05, 3.63) is 93.8 Å². The van der Waals surface area contributed by atoms with Crippen molar-refractivity contribution in [3.8, 4) is 23.2 Å². The molecule has 0 aliphatic carbocycles. The van der Waals surface area contributed by atoms with Crippen molar-refractivity contribution in [3.63, 3.8) is 0 Å². The van der Waals surface area contributed by atoms with Crippen LogP contribution in [0.4, 0.5) is 29.6 Å². The van der Waals surface area contributed by atoms with Crippen LogP contribution in [0.1, 0.15) is 84.9 Å². The number of rotatable bonds is 9. The van der Waals surface area contributed by atoms with Gasteiger partial charge in [-0.25, -0.2) is 19.7 Å². The van der Waals surface area contributed by atoms with Crippen LogP contribution in [0, 0.1) is 11.8 Å². The lowest BCUT2D eigenvalue weighted by molar-refractivity contribution is -0.138. The van der Waals surface area contributed by atoms with Gasteiger partial charge < -0.3 is 19.5 Å². The average Bonchev–Trinajstić information content (AvgIpc) is 3.53. The molecule has 2 aliphatic heterocycles. The number of piperazine rings is 1. The third-order valence-electron chi connectivity index (χ3n) is 10.5. The molecule has 1 fully saturated rings. The number of halogens is 3. The van der Waals surface area contributed by atoms with E-state index in [0.29, 0.717) is 58.8 Å². The number of amides is 4. The Morgan fingerprint density at radius 2 is 1.69 bits per heavy atom. The third-order valence-corrected chi connectivity index (χ3v) is 10.5. The van der Waals surface area contributed by atoms with E-state index in [1.165, 1.54) is 37.2 Å². The molecule has 61 heavy (non-hydrogen) atoms. The SMILES string of the molecule is CCCN1CCN(Cc2ccc(NC(=O)Cc3cccc(C#Cc4cnc(N(C)C(C)=O)nc4-c4cc5c(n4C)CCN(C(=O)OC(C)(C)C)C5=O)c3)cc2C(F)(F)F)CC1. The Hall–Kier alpha value is -6.05. The number of carbonyl (C=O) groups excluding carboxylic acids is 4. The van der Waals surface area contributed by atoms with Crippen molar-refractivity contribution < 1.29 is 37.1 Å². The predicted molar refractivity (Wildman–Crippen MR) is 225 cm³/mol. The number of imide groups is 1. The van der Waals surface area contributed by atoms with Crippen LogP contribution in [0.15, 0.2) is 54.7 Å². The van der Waals surface area contributed by atoms with Crippen molar-refractivity contribution in [1.82, 2.24) is 29.2 Å². The van der Waals surface area contributed by atoms with E-state index in [2.05, 4.69) is 34.0 Å². The van der Waals surface area contributed by atoms with Gasteiger partial charge in [-0.3, -0.25) is 24.2 Å². The predicted octanol–water partition coefficient (Wildman–Crippen LogP) is 6.53. The molecule has 2 aromatic heterocycles. The summed E-state index contributed by atoms with van der Waals surface area (Å²) in [7, 11) is 3.32. The number of fused-ring (bicyclic) bond motifs is 1. The van der Waals surface area contributed by atoms with Crippen LogP contribution >= 0.6 is 0 Å². The highest BCUT2D eigenvalue weighted by molar-refractivity contribution is 6.05. The molecule has 0 spiro atoms. The van der Waals surface area contributed by atoms with Crippen molar-refractivity contribution in [2.75, 3.05) is 56.5 Å². The normalized spacial score (nSPS) is 14.9. The van der Waals surface area contributed by atoms with E-state index in [0.717, 1.165) is 37.0 Å². The number of benzene rings is 2. The summed E-state index contributed by atoms with van der Waals surface area (Å²) in [6.07, 6.45) is -2.57. The fraction of sp³-hybridized carbons (Fsp3) is 0.422. The number of hydrogen-bond acceptors (Lipinski definition) is 9. The molecule has 6 rings (SSSR count). The quantitative estimate of drug-likeness (QED) is 0.187. The zero-order valence-corrected chi connectivity index (χ0v) is 35.6. The first-order valence-corrected chi connectivity index (χ1v) is 20.2. The van der Waals surface area contributed by atoms with Crippen LogP contribution in [0.2, 0.25) is 0 Å². The molecule has 0 bridgehead atoms. The molecule has 16 heteroatoms. The lowest BCUT2D eigenvalue weighted by Crippen LogP contribution is -2.46. The van der Waals surface area contributed by atoms with E-state index in [9.17, 15) is 32.3 Å². The summed E-state index contributed by atoms with van der Waals surface area (Å²) in [5.74, 6) is 5.00. The largest absolute Gasteiger partial charge is 0.443 e. The highest BCUT2D eigenvalue weighted by atomic mass is 19.4. The summed E-state index contributed by atoms with van der Waals surface area (Å²) in [5, 5.41) is 2.63. The van der Waals surface area contributed by atoms with Crippen LogP contribution in [-0.4, -0.2) is 105 Å². The van der Waals surface area contributed by atoms with E-state index in [1.54, 1.807) is 58.2 Å². The molecular formula is C45H51F3N8O5. The first kappa shape index (κ1) is 44.5. The van der Waals surface area contributed by atoms with Gasteiger partial charge in [0.25, 0.3) is 5.91 Å². The van der Waals surface area contributed by atoms with E-state index < -0.39 is 35.2 Å². The van der Waals surface area contributed by atoms with Gasteiger partial charge in [-0.1, -0.05) is 37.0 Å². The highest BCUT2D eigenvalue weighted by Gasteiger charge is 2.36. The van der Waals surface area contributed by atoms with E-state index in [-0.39, 0.29) is 42.6 Å². The maximum Gasteiger partial charge on any atom is 0.417 e. The van der Waals surface area contributed by atoms with Crippen molar-refractivity contribution in [2.24, 2.45) is 7.05 Å². The molecule has 1 N–H and O–H groups in total. The van der Waals surface area contributed by atoms with Gasteiger partial charge in [-0.2, -0.15) is 13.2 Å². The number of anilines is 2. The minimum absolute atomic E-state index is 0.0535. The van der Waals surface area contributed by atoms with Crippen molar-refractivity contribution in [1.29, 1.82) is 0 Å². The number of carbonyl (C=O) groups is 4. The van der Waals surface area contributed by atoms with Gasteiger partial charge in [0.05, 0.1) is 28.8 Å². The summed E-state index contributed by atoms with van der Waals surface area (Å²) < 4.78 is 50.0. The topological polar surface area (TPSA) is 133 Å². The van der Waals surface area contributed by atoms with Gasteiger partial charge in [0.15, 0.2) is 0 Å². The average molecular weight is 841 g/mol. The number of hydrogen-bond donors (Lipinski definition) is 1. The second-order valence-electron chi connectivity index (χ2n) is 16.3. The number of alkyl halides is 3. The maximum absolute atomic E-state index is 14.2. The van der Waals surface area contributed by atoms with Crippen LogP contribution in [0.5, 0.6) is 0 Å². The van der Waals surface area contributed by atoms with Crippen LogP contribution in [0.25, 0.3) is 11.4 Å². The van der Waals surface area contributed by atoms with Gasteiger partial charge in [-0.05, 0) is 75.2 Å². The first-order valence-electron chi connectivity index (χ1n) is 20.2. The molecule has 4 aromatic rings. The fourth-order valence-corrected chi connectivity index (χ4v) is 7.35. The summed E-state index contributed by atoms with van der Waals surface area (Å²) in [5.41, 5.74) is 1.99.